The standard InChI is InChI=1S/C16H17N5/c1-2-18-16(15-12-17-9-10-19-15)14-8-11-21(20-14)13-6-4-3-5-7-13/h3-12,16,18H,2H2,1H3. The molecule has 1 aromatic carbocycles. The Hall–Kier alpha value is -2.53. The lowest BCUT2D eigenvalue weighted by atomic mass is 10.1. The van der Waals surface area contributed by atoms with E-state index in [0.29, 0.717) is 0 Å². The van der Waals surface area contributed by atoms with Gasteiger partial charge in [0.05, 0.1) is 29.3 Å². The van der Waals surface area contributed by atoms with Gasteiger partial charge in [0.1, 0.15) is 0 Å². The lowest BCUT2D eigenvalue weighted by Crippen LogP contribution is -2.23. The first kappa shape index (κ1) is 13.5. The Bertz CT molecular complexity index is 678. The van der Waals surface area contributed by atoms with Crippen LogP contribution in [0.3, 0.4) is 0 Å². The summed E-state index contributed by atoms with van der Waals surface area (Å²) in [5.74, 6) is 0. The molecule has 5 nitrogen and oxygen atoms in total. The van der Waals surface area contributed by atoms with E-state index in [1.165, 1.54) is 0 Å². The van der Waals surface area contributed by atoms with Gasteiger partial charge in [-0.05, 0) is 24.7 Å². The van der Waals surface area contributed by atoms with Crippen LogP contribution in [0, 0.1) is 0 Å². The van der Waals surface area contributed by atoms with Gasteiger partial charge in [-0.25, -0.2) is 4.68 Å². The Balaban J connectivity index is 1.93. The third-order valence-electron chi connectivity index (χ3n) is 3.21. The van der Waals surface area contributed by atoms with Crippen molar-refractivity contribution >= 4 is 0 Å². The maximum atomic E-state index is 4.66. The SMILES string of the molecule is CCNC(c1cnccn1)c1ccn(-c2ccccc2)n1. The smallest absolute Gasteiger partial charge is 0.0959 e. The minimum Gasteiger partial charge on any atom is -0.304 e. The second-order valence-electron chi connectivity index (χ2n) is 4.64. The van der Waals surface area contributed by atoms with Gasteiger partial charge in [0.25, 0.3) is 0 Å². The van der Waals surface area contributed by atoms with Crippen LogP contribution in [0.25, 0.3) is 5.69 Å². The Kier molecular flexibility index (Phi) is 4.02. The van der Waals surface area contributed by atoms with Crippen molar-refractivity contribution in [1.29, 1.82) is 0 Å². The summed E-state index contributed by atoms with van der Waals surface area (Å²) in [6.45, 7) is 2.90. The first-order valence-electron chi connectivity index (χ1n) is 6.99. The van der Waals surface area contributed by atoms with Crippen molar-refractivity contribution in [3.05, 3.63) is 72.6 Å². The van der Waals surface area contributed by atoms with E-state index in [2.05, 4.69) is 27.3 Å². The summed E-state index contributed by atoms with van der Waals surface area (Å²) >= 11 is 0. The van der Waals surface area contributed by atoms with Crippen LogP contribution in [0.4, 0.5) is 0 Å². The zero-order chi connectivity index (χ0) is 14.5. The van der Waals surface area contributed by atoms with Gasteiger partial charge in [-0.3, -0.25) is 9.97 Å². The van der Waals surface area contributed by atoms with Gasteiger partial charge in [-0.1, -0.05) is 25.1 Å². The molecule has 0 amide bonds. The first-order valence-corrected chi connectivity index (χ1v) is 6.99. The van der Waals surface area contributed by atoms with Crippen LogP contribution in [0.1, 0.15) is 24.4 Å². The number of nitrogens with zero attached hydrogens (tertiary/aromatic N) is 4. The maximum absolute atomic E-state index is 4.66. The highest BCUT2D eigenvalue weighted by Crippen LogP contribution is 2.18. The van der Waals surface area contributed by atoms with Crippen LogP contribution in [0.5, 0.6) is 0 Å². The molecular weight excluding hydrogens is 262 g/mol. The Morgan fingerprint density at radius 2 is 1.95 bits per heavy atom. The van der Waals surface area contributed by atoms with E-state index in [1.54, 1.807) is 18.6 Å². The molecule has 0 aliphatic rings. The number of hydrogen-bond donors (Lipinski definition) is 1. The summed E-state index contributed by atoms with van der Waals surface area (Å²) in [5, 5.41) is 8.06. The predicted molar refractivity (Wildman–Crippen MR) is 81.1 cm³/mol. The van der Waals surface area contributed by atoms with Crippen LogP contribution < -0.4 is 5.32 Å². The summed E-state index contributed by atoms with van der Waals surface area (Å²) in [5.41, 5.74) is 2.84. The number of hydrogen-bond acceptors (Lipinski definition) is 4. The van der Waals surface area contributed by atoms with Crippen LogP contribution in [0.15, 0.2) is 61.2 Å². The quantitative estimate of drug-likeness (QED) is 0.779. The highest BCUT2D eigenvalue weighted by Gasteiger charge is 2.17. The van der Waals surface area contributed by atoms with Crippen molar-refractivity contribution in [2.75, 3.05) is 6.54 Å². The summed E-state index contributed by atoms with van der Waals surface area (Å²) < 4.78 is 1.87. The van der Waals surface area contributed by atoms with Gasteiger partial charge >= 0.3 is 0 Å². The second-order valence-corrected chi connectivity index (χ2v) is 4.64. The predicted octanol–water partition coefficient (Wildman–Crippen LogP) is 2.36. The monoisotopic (exact) mass is 279 g/mol. The molecule has 0 saturated heterocycles. The normalized spacial score (nSPS) is 12.2. The van der Waals surface area contributed by atoms with Crippen molar-refractivity contribution < 1.29 is 0 Å². The van der Waals surface area contributed by atoms with Crippen LogP contribution in [0.2, 0.25) is 0 Å². The number of para-hydroxylation sites is 1. The Morgan fingerprint density at radius 3 is 2.67 bits per heavy atom. The minimum atomic E-state index is -0.0475. The molecule has 21 heavy (non-hydrogen) atoms. The van der Waals surface area contributed by atoms with E-state index >= 15 is 0 Å². The van der Waals surface area contributed by atoms with E-state index in [4.69, 9.17) is 0 Å². The minimum absolute atomic E-state index is 0.0475. The lowest BCUT2D eigenvalue weighted by molar-refractivity contribution is 0.591. The van der Waals surface area contributed by atoms with Gasteiger partial charge in [0, 0.05) is 18.6 Å². The number of rotatable bonds is 5. The van der Waals surface area contributed by atoms with Crippen LogP contribution in [-0.4, -0.2) is 26.3 Å². The molecule has 0 aliphatic heterocycles. The van der Waals surface area contributed by atoms with Crippen molar-refractivity contribution in [2.45, 2.75) is 13.0 Å². The van der Waals surface area contributed by atoms with Crippen LogP contribution in [-0.2, 0) is 0 Å². The van der Waals surface area contributed by atoms with Gasteiger partial charge in [0.2, 0.25) is 0 Å². The average molecular weight is 279 g/mol. The first-order chi connectivity index (χ1) is 10.4. The molecule has 106 valence electrons. The summed E-state index contributed by atoms with van der Waals surface area (Å²) in [4.78, 5) is 8.52. The van der Waals surface area contributed by atoms with Crippen molar-refractivity contribution in [3.63, 3.8) is 0 Å². The van der Waals surface area contributed by atoms with Gasteiger partial charge in [-0.15, -0.1) is 0 Å². The maximum Gasteiger partial charge on any atom is 0.0959 e. The molecule has 0 spiro atoms. The molecule has 1 atom stereocenters. The van der Waals surface area contributed by atoms with E-state index < -0.39 is 0 Å². The second kappa shape index (κ2) is 6.28. The lowest BCUT2D eigenvalue weighted by Gasteiger charge is -2.14. The molecule has 2 aromatic heterocycles. The molecule has 2 heterocycles. The number of nitrogens with one attached hydrogen (secondary N) is 1. The van der Waals surface area contributed by atoms with Crippen molar-refractivity contribution in [1.82, 2.24) is 25.1 Å². The zero-order valence-corrected chi connectivity index (χ0v) is 11.8. The van der Waals surface area contributed by atoms with Crippen molar-refractivity contribution in [2.24, 2.45) is 0 Å². The molecule has 0 fully saturated rings. The van der Waals surface area contributed by atoms with Crippen LogP contribution >= 0.6 is 0 Å². The fourth-order valence-corrected chi connectivity index (χ4v) is 2.24. The Morgan fingerprint density at radius 1 is 1.10 bits per heavy atom. The van der Waals surface area contributed by atoms with E-state index in [9.17, 15) is 0 Å². The summed E-state index contributed by atoms with van der Waals surface area (Å²) in [6.07, 6.45) is 7.11. The van der Waals surface area contributed by atoms with Gasteiger partial charge in [0.15, 0.2) is 0 Å². The largest absolute Gasteiger partial charge is 0.304 e. The topological polar surface area (TPSA) is 55.6 Å². The van der Waals surface area contributed by atoms with E-state index in [-0.39, 0.29) is 6.04 Å². The average Bonchev–Trinajstić information content (AvgIpc) is 3.04. The highest BCUT2D eigenvalue weighted by molar-refractivity contribution is 5.31. The molecule has 5 heteroatoms. The fraction of sp³-hybridized carbons (Fsp3) is 0.188. The van der Waals surface area contributed by atoms with Crippen molar-refractivity contribution in [3.8, 4) is 5.69 Å². The third kappa shape index (κ3) is 2.98. The molecule has 0 aliphatic carbocycles. The molecular formula is C16H17N5. The Labute approximate surface area is 123 Å². The van der Waals surface area contributed by atoms with Gasteiger partial charge in [-0.2, -0.15) is 5.10 Å². The fourth-order valence-electron chi connectivity index (χ4n) is 2.24. The molecule has 0 saturated carbocycles. The zero-order valence-electron chi connectivity index (χ0n) is 11.8. The van der Waals surface area contributed by atoms with Gasteiger partial charge < -0.3 is 5.32 Å². The molecule has 0 bridgehead atoms. The van der Waals surface area contributed by atoms with E-state index in [0.717, 1.165) is 23.6 Å². The summed E-state index contributed by atoms with van der Waals surface area (Å²) in [7, 11) is 0. The molecule has 3 aromatic rings. The summed E-state index contributed by atoms with van der Waals surface area (Å²) in [6, 6.07) is 12.0. The van der Waals surface area contributed by atoms with E-state index in [1.807, 2.05) is 47.3 Å². The molecule has 0 radical (unpaired) electrons. The molecule has 1 N–H and O–H groups in total. The number of benzene rings is 1. The third-order valence-corrected chi connectivity index (χ3v) is 3.21. The highest BCUT2D eigenvalue weighted by atomic mass is 15.3. The molecule has 1 unspecified atom stereocenters. The number of aromatic nitrogens is 4. The molecule has 3 rings (SSSR count).